The fourth-order valence-corrected chi connectivity index (χ4v) is 7.92. The molecule has 0 atom stereocenters. The molecule has 0 unspecified atom stereocenters. The van der Waals surface area contributed by atoms with Crippen LogP contribution in [0.2, 0.25) is 0 Å². The summed E-state index contributed by atoms with van der Waals surface area (Å²) in [5.41, 5.74) is 11.9. The van der Waals surface area contributed by atoms with Crippen LogP contribution in [0.15, 0.2) is 164 Å². The third kappa shape index (κ3) is 4.48. The van der Waals surface area contributed by atoms with Crippen molar-refractivity contribution in [2.45, 2.75) is 0 Å². The van der Waals surface area contributed by atoms with E-state index in [0.29, 0.717) is 0 Å². The normalized spacial score (nSPS) is 11.8. The van der Waals surface area contributed by atoms with Gasteiger partial charge in [-0.05, 0) is 109 Å². The highest BCUT2D eigenvalue weighted by Crippen LogP contribution is 2.39. The molecular weight excluding hydrogens is 607 g/mol. The Morgan fingerprint density at radius 1 is 0.380 bits per heavy atom. The van der Waals surface area contributed by atoms with E-state index in [2.05, 4.69) is 181 Å². The smallest absolute Gasteiger partial charge is 0.140 e. The molecule has 8 aromatic carbocycles. The minimum atomic E-state index is 0.982. The molecule has 50 heavy (non-hydrogen) atoms. The molecule has 0 N–H and O–H groups in total. The van der Waals surface area contributed by atoms with Crippen molar-refractivity contribution in [3.05, 3.63) is 164 Å². The molecule has 10 rings (SSSR count). The highest BCUT2D eigenvalue weighted by atomic mass is 15.1. The Bertz CT molecular complexity index is 2760. The maximum Gasteiger partial charge on any atom is 0.140 e. The Morgan fingerprint density at radius 3 is 1.54 bits per heavy atom. The Labute approximate surface area is 290 Å². The van der Waals surface area contributed by atoms with Crippen molar-refractivity contribution in [1.29, 1.82) is 0 Å². The second-order valence-electron chi connectivity index (χ2n) is 13.4. The van der Waals surface area contributed by atoms with Crippen LogP contribution in [-0.2, 0) is 14.1 Å². The molecule has 0 spiro atoms. The minimum absolute atomic E-state index is 0.982. The summed E-state index contributed by atoms with van der Waals surface area (Å²) in [5, 5.41) is 8.68. The van der Waals surface area contributed by atoms with Gasteiger partial charge in [-0.1, -0.05) is 115 Å². The number of nitrogens with zero attached hydrogens (tertiary/aromatic N) is 3. The number of hydrogen-bond donors (Lipinski definition) is 0. The number of aromatic nitrogens is 3. The number of benzene rings is 8. The van der Waals surface area contributed by atoms with Crippen LogP contribution in [0.1, 0.15) is 0 Å². The Morgan fingerprint density at radius 2 is 0.900 bits per heavy atom. The summed E-state index contributed by atoms with van der Waals surface area (Å²) >= 11 is 0. The Kier molecular flexibility index (Phi) is 6.31. The van der Waals surface area contributed by atoms with Crippen LogP contribution in [0.3, 0.4) is 0 Å². The highest BCUT2D eigenvalue weighted by molar-refractivity contribution is 6.08. The zero-order valence-corrected chi connectivity index (χ0v) is 27.9. The Hall–Kier alpha value is -6.45. The van der Waals surface area contributed by atoms with Crippen LogP contribution in [0, 0.1) is 0 Å². The van der Waals surface area contributed by atoms with E-state index in [0.717, 1.165) is 22.4 Å². The van der Waals surface area contributed by atoms with E-state index in [1.165, 1.54) is 76.7 Å². The predicted molar refractivity (Wildman–Crippen MR) is 211 cm³/mol. The first-order chi connectivity index (χ1) is 24.6. The molecule has 0 aliphatic heterocycles. The van der Waals surface area contributed by atoms with Gasteiger partial charge in [0.1, 0.15) is 5.82 Å². The lowest BCUT2D eigenvalue weighted by Crippen LogP contribution is -1.92. The number of para-hydroxylation sites is 3. The van der Waals surface area contributed by atoms with Gasteiger partial charge in [0.2, 0.25) is 0 Å². The van der Waals surface area contributed by atoms with Crippen molar-refractivity contribution in [3.63, 3.8) is 0 Å². The fourth-order valence-electron chi connectivity index (χ4n) is 7.92. The molecule has 3 heteroatoms. The summed E-state index contributed by atoms with van der Waals surface area (Å²) in [5.74, 6) is 0.982. The van der Waals surface area contributed by atoms with E-state index in [1.54, 1.807) is 0 Å². The molecular formula is C47H33N3. The molecule has 236 valence electrons. The van der Waals surface area contributed by atoms with Gasteiger partial charge in [0.05, 0.1) is 11.0 Å². The van der Waals surface area contributed by atoms with E-state index < -0.39 is 0 Å². The molecule has 0 saturated carbocycles. The van der Waals surface area contributed by atoms with Crippen LogP contribution in [-0.4, -0.2) is 14.1 Å². The van der Waals surface area contributed by atoms with E-state index in [1.807, 2.05) is 6.07 Å². The highest BCUT2D eigenvalue weighted by Gasteiger charge is 2.14. The van der Waals surface area contributed by atoms with Crippen molar-refractivity contribution in [2.24, 2.45) is 14.1 Å². The molecule has 0 saturated heterocycles. The number of hydrogen-bond acceptors (Lipinski definition) is 1. The quantitative estimate of drug-likeness (QED) is 0.188. The van der Waals surface area contributed by atoms with Crippen molar-refractivity contribution in [2.75, 3.05) is 0 Å². The number of rotatable bonds is 4. The summed E-state index contributed by atoms with van der Waals surface area (Å²) in [6.07, 6.45) is 0. The van der Waals surface area contributed by atoms with E-state index >= 15 is 0 Å². The summed E-state index contributed by atoms with van der Waals surface area (Å²) in [7, 11) is 4.24. The lowest BCUT2D eigenvalue weighted by atomic mass is 9.90. The average molecular weight is 640 g/mol. The van der Waals surface area contributed by atoms with Gasteiger partial charge in [-0.15, -0.1) is 0 Å². The molecule has 0 amide bonds. The van der Waals surface area contributed by atoms with Crippen molar-refractivity contribution >= 4 is 54.3 Å². The molecule has 2 heterocycles. The van der Waals surface area contributed by atoms with Gasteiger partial charge < -0.3 is 9.13 Å². The van der Waals surface area contributed by atoms with Crippen LogP contribution in [0.4, 0.5) is 0 Å². The van der Waals surface area contributed by atoms with E-state index in [-0.39, 0.29) is 0 Å². The first-order valence-corrected chi connectivity index (χ1v) is 17.2. The second kappa shape index (κ2) is 11.0. The van der Waals surface area contributed by atoms with Gasteiger partial charge in [-0.2, -0.15) is 0 Å². The van der Waals surface area contributed by atoms with Gasteiger partial charge in [0.15, 0.2) is 0 Å². The average Bonchev–Trinajstić information content (AvgIpc) is 3.69. The minimum Gasteiger partial charge on any atom is -0.344 e. The van der Waals surface area contributed by atoms with Crippen molar-refractivity contribution < 1.29 is 0 Å². The zero-order valence-electron chi connectivity index (χ0n) is 27.9. The second-order valence-corrected chi connectivity index (χ2v) is 13.4. The largest absolute Gasteiger partial charge is 0.344 e. The molecule has 3 nitrogen and oxygen atoms in total. The first-order valence-electron chi connectivity index (χ1n) is 17.2. The lowest BCUT2D eigenvalue weighted by Gasteiger charge is -2.14. The number of imidazole rings is 1. The third-order valence-corrected chi connectivity index (χ3v) is 10.5. The molecule has 10 aromatic rings. The molecule has 0 fully saturated rings. The monoisotopic (exact) mass is 639 g/mol. The summed E-state index contributed by atoms with van der Waals surface area (Å²) < 4.78 is 4.47. The molecule has 0 aliphatic rings. The SMILES string of the molecule is Cn1c(-c2ccc3cc(-c4cccc5cccc(-c6ccc7cc(-c8nc9ccccc9n8C)ccc7c6)c45)ccc3c2)cc2ccccc21. The number of fused-ring (bicyclic) bond motifs is 5. The molecule has 0 bridgehead atoms. The first kappa shape index (κ1) is 28.6. The van der Waals surface area contributed by atoms with Gasteiger partial charge in [0.25, 0.3) is 0 Å². The van der Waals surface area contributed by atoms with E-state index in [9.17, 15) is 0 Å². The van der Waals surface area contributed by atoms with Gasteiger partial charge in [0, 0.05) is 36.3 Å². The van der Waals surface area contributed by atoms with Gasteiger partial charge >= 0.3 is 0 Å². The van der Waals surface area contributed by atoms with Crippen LogP contribution in [0.25, 0.3) is 99.2 Å². The molecule has 0 radical (unpaired) electrons. The van der Waals surface area contributed by atoms with Crippen LogP contribution >= 0.6 is 0 Å². The topological polar surface area (TPSA) is 22.8 Å². The van der Waals surface area contributed by atoms with E-state index in [4.69, 9.17) is 4.98 Å². The number of aryl methyl sites for hydroxylation is 2. The standard InChI is InChI=1S/C47H33N3/c1-49-43-15-5-3-9-37(43)29-45(49)38-23-19-31-25-35(21-17-33(31)27-38)40-12-7-10-30-11-8-13-41(46(30)40)36-22-18-34-28-39(24-20-32(34)26-36)47-48-42-14-4-6-16-44(42)50(47)2/h3-29H,1-2H3. The summed E-state index contributed by atoms with van der Waals surface area (Å²) in [4.78, 5) is 4.94. The van der Waals surface area contributed by atoms with Crippen molar-refractivity contribution in [3.8, 4) is 44.9 Å². The molecule has 0 aliphatic carbocycles. The van der Waals surface area contributed by atoms with Crippen LogP contribution < -0.4 is 0 Å². The lowest BCUT2D eigenvalue weighted by molar-refractivity contribution is 0.960. The predicted octanol–water partition coefficient (Wildman–Crippen LogP) is 12.2. The van der Waals surface area contributed by atoms with Crippen molar-refractivity contribution in [1.82, 2.24) is 14.1 Å². The third-order valence-electron chi connectivity index (χ3n) is 10.5. The summed E-state index contributed by atoms with van der Waals surface area (Å²) in [6.45, 7) is 0. The maximum atomic E-state index is 4.94. The zero-order chi connectivity index (χ0) is 33.3. The van der Waals surface area contributed by atoms with Gasteiger partial charge in [-0.3, -0.25) is 0 Å². The molecule has 2 aromatic heterocycles. The van der Waals surface area contributed by atoms with Crippen LogP contribution in [0.5, 0.6) is 0 Å². The van der Waals surface area contributed by atoms with Gasteiger partial charge in [-0.25, -0.2) is 4.98 Å². The fraction of sp³-hybridized carbons (Fsp3) is 0.0426. The summed E-state index contributed by atoms with van der Waals surface area (Å²) in [6, 6.07) is 59.8. The maximum absolute atomic E-state index is 4.94. The Balaban J connectivity index is 1.05.